The Hall–Kier alpha value is -1.06. The first-order valence-corrected chi connectivity index (χ1v) is 8.86. The fraction of sp³-hybridized carbons (Fsp3) is 0.611. The lowest BCUT2D eigenvalue weighted by Crippen LogP contribution is -2.51. The van der Waals surface area contributed by atoms with Crippen LogP contribution in [0.1, 0.15) is 37.7 Å². The van der Waals surface area contributed by atoms with E-state index in [-0.39, 0.29) is 0 Å². The Morgan fingerprint density at radius 2 is 1.68 bits per heavy atom. The molecule has 1 saturated heterocycles. The van der Waals surface area contributed by atoms with E-state index in [0.29, 0.717) is 12.3 Å². The van der Waals surface area contributed by atoms with Crippen molar-refractivity contribution in [3.05, 3.63) is 34.9 Å². The van der Waals surface area contributed by atoms with Gasteiger partial charge in [0.15, 0.2) is 0 Å². The summed E-state index contributed by atoms with van der Waals surface area (Å²) < 4.78 is 0. The number of carbonyl (C=O) groups is 1. The van der Waals surface area contributed by atoms with Gasteiger partial charge in [-0.05, 0) is 37.0 Å². The number of benzene rings is 1. The number of hydrogen-bond acceptors (Lipinski definition) is 2. The summed E-state index contributed by atoms with van der Waals surface area (Å²) in [5.41, 5.74) is 1.18. The van der Waals surface area contributed by atoms with Crippen LogP contribution < -0.4 is 0 Å². The molecule has 1 aliphatic heterocycles. The third kappa shape index (κ3) is 4.02. The van der Waals surface area contributed by atoms with Gasteiger partial charge in [0.1, 0.15) is 0 Å². The van der Waals surface area contributed by atoms with Gasteiger partial charge in [-0.2, -0.15) is 0 Å². The Labute approximate surface area is 138 Å². The molecule has 2 aliphatic rings. The van der Waals surface area contributed by atoms with Gasteiger partial charge in [0.25, 0.3) is 0 Å². The maximum absolute atomic E-state index is 12.3. The zero-order valence-corrected chi connectivity index (χ0v) is 13.9. The molecular formula is C18H25ClN2O. The highest BCUT2D eigenvalue weighted by Gasteiger charge is 2.27. The van der Waals surface area contributed by atoms with Crippen LogP contribution in [-0.4, -0.2) is 47.9 Å². The van der Waals surface area contributed by atoms with Crippen LogP contribution in [0.5, 0.6) is 0 Å². The lowest BCUT2D eigenvalue weighted by atomic mass is 10.1. The van der Waals surface area contributed by atoms with Crippen LogP contribution in [0.25, 0.3) is 0 Å². The van der Waals surface area contributed by atoms with Gasteiger partial charge >= 0.3 is 0 Å². The van der Waals surface area contributed by atoms with E-state index >= 15 is 0 Å². The summed E-state index contributed by atoms with van der Waals surface area (Å²) in [6, 6.07) is 8.58. The maximum atomic E-state index is 12.3. The second-order valence-corrected chi connectivity index (χ2v) is 6.92. The summed E-state index contributed by atoms with van der Waals surface area (Å²) in [5, 5.41) is 0.748. The Balaban J connectivity index is 1.42. The minimum absolute atomic E-state index is 0.293. The third-order valence-electron chi connectivity index (χ3n) is 5.05. The number of halogens is 1. The summed E-state index contributed by atoms with van der Waals surface area (Å²) >= 11 is 5.88. The molecule has 0 unspecified atom stereocenters. The molecule has 1 aliphatic carbocycles. The van der Waals surface area contributed by atoms with Crippen molar-refractivity contribution in [2.45, 2.75) is 44.6 Å². The Morgan fingerprint density at radius 1 is 1.05 bits per heavy atom. The van der Waals surface area contributed by atoms with Crippen LogP contribution in [0, 0.1) is 0 Å². The summed E-state index contributed by atoms with van der Waals surface area (Å²) in [7, 11) is 0. The van der Waals surface area contributed by atoms with Gasteiger partial charge in [0.05, 0.1) is 0 Å². The molecule has 3 nitrogen and oxygen atoms in total. The number of nitrogens with zero attached hydrogens (tertiary/aromatic N) is 2. The molecule has 1 saturated carbocycles. The van der Waals surface area contributed by atoms with Crippen molar-refractivity contribution in [1.82, 2.24) is 9.80 Å². The lowest BCUT2D eigenvalue weighted by molar-refractivity contribution is -0.133. The molecule has 1 aromatic rings. The van der Waals surface area contributed by atoms with E-state index in [1.807, 2.05) is 29.2 Å². The van der Waals surface area contributed by atoms with Crippen molar-refractivity contribution in [2.24, 2.45) is 0 Å². The highest BCUT2D eigenvalue weighted by Crippen LogP contribution is 2.24. The van der Waals surface area contributed by atoms with Crippen LogP contribution in [0.4, 0.5) is 0 Å². The van der Waals surface area contributed by atoms with Crippen molar-refractivity contribution >= 4 is 17.5 Å². The zero-order chi connectivity index (χ0) is 15.4. The van der Waals surface area contributed by atoms with Crippen LogP contribution in [-0.2, 0) is 11.2 Å². The molecule has 0 aromatic heterocycles. The smallest absolute Gasteiger partial charge is 0.222 e. The number of piperazine rings is 1. The molecule has 3 rings (SSSR count). The van der Waals surface area contributed by atoms with Gasteiger partial charge in [-0.25, -0.2) is 0 Å². The summed E-state index contributed by atoms with van der Waals surface area (Å²) in [4.78, 5) is 17.0. The predicted octanol–water partition coefficient (Wildman–Crippen LogP) is 3.36. The Bertz CT molecular complexity index is 488. The van der Waals surface area contributed by atoms with Crippen LogP contribution >= 0.6 is 11.6 Å². The summed E-state index contributed by atoms with van der Waals surface area (Å²) in [6.45, 7) is 3.90. The normalized spacial score (nSPS) is 20.5. The average Bonchev–Trinajstić information content (AvgIpc) is 3.09. The summed E-state index contributed by atoms with van der Waals surface area (Å²) in [6.07, 6.45) is 6.87. The van der Waals surface area contributed by atoms with Crippen LogP contribution in [0.15, 0.2) is 24.3 Å². The molecule has 1 heterocycles. The van der Waals surface area contributed by atoms with Gasteiger partial charge in [-0.3, -0.25) is 9.69 Å². The van der Waals surface area contributed by atoms with Crippen molar-refractivity contribution < 1.29 is 4.79 Å². The molecule has 22 heavy (non-hydrogen) atoms. The molecule has 0 atom stereocenters. The largest absolute Gasteiger partial charge is 0.340 e. The molecule has 120 valence electrons. The second-order valence-electron chi connectivity index (χ2n) is 6.48. The number of hydrogen-bond donors (Lipinski definition) is 0. The fourth-order valence-corrected chi connectivity index (χ4v) is 3.79. The van der Waals surface area contributed by atoms with Crippen molar-refractivity contribution in [3.63, 3.8) is 0 Å². The highest BCUT2D eigenvalue weighted by molar-refractivity contribution is 6.30. The average molecular weight is 321 g/mol. The first-order chi connectivity index (χ1) is 10.7. The maximum Gasteiger partial charge on any atom is 0.222 e. The van der Waals surface area contributed by atoms with E-state index in [1.165, 1.54) is 31.2 Å². The second kappa shape index (κ2) is 7.47. The van der Waals surface area contributed by atoms with Crippen LogP contribution in [0.2, 0.25) is 5.02 Å². The van der Waals surface area contributed by atoms with Gasteiger partial charge in [0, 0.05) is 43.7 Å². The molecule has 0 N–H and O–H groups in total. The SMILES string of the molecule is O=C(CCc1ccc(Cl)cc1)N1CCN(C2CCCC2)CC1. The molecule has 1 amide bonds. The number of amides is 1. The Kier molecular flexibility index (Phi) is 5.37. The molecule has 4 heteroatoms. The molecule has 1 aromatic carbocycles. The van der Waals surface area contributed by atoms with Crippen molar-refractivity contribution in [1.29, 1.82) is 0 Å². The van der Waals surface area contributed by atoms with Crippen molar-refractivity contribution in [2.75, 3.05) is 26.2 Å². The lowest BCUT2D eigenvalue weighted by Gasteiger charge is -2.38. The van der Waals surface area contributed by atoms with E-state index in [0.717, 1.165) is 43.7 Å². The minimum atomic E-state index is 0.293. The van der Waals surface area contributed by atoms with Gasteiger partial charge < -0.3 is 4.90 Å². The topological polar surface area (TPSA) is 23.6 Å². The fourth-order valence-electron chi connectivity index (χ4n) is 3.67. The zero-order valence-electron chi connectivity index (χ0n) is 13.1. The van der Waals surface area contributed by atoms with Gasteiger partial charge in [-0.1, -0.05) is 36.6 Å². The predicted molar refractivity (Wildman–Crippen MR) is 90.2 cm³/mol. The van der Waals surface area contributed by atoms with Gasteiger partial charge in [-0.15, -0.1) is 0 Å². The Morgan fingerprint density at radius 3 is 2.32 bits per heavy atom. The summed E-state index contributed by atoms with van der Waals surface area (Å²) in [5.74, 6) is 0.293. The third-order valence-corrected chi connectivity index (χ3v) is 5.30. The van der Waals surface area contributed by atoms with E-state index < -0.39 is 0 Å². The van der Waals surface area contributed by atoms with E-state index in [1.54, 1.807) is 0 Å². The quantitative estimate of drug-likeness (QED) is 0.849. The van der Waals surface area contributed by atoms with Crippen molar-refractivity contribution in [3.8, 4) is 0 Å². The van der Waals surface area contributed by atoms with E-state index in [4.69, 9.17) is 11.6 Å². The highest BCUT2D eigenvalue weighted by atomic mass is 35.5. The van der Waals surface area contributed by atoms with E-state index in [9.17, 15) is 4.79 Å². The first-order valence-electron chi connectivity index (χ1n) is 8.48. The number of carbonyl (C=O) groups excluding carboxylic acids is 1. The molecular weight excluding hydrogens is 296 g/mol. The molecule has 0 bridgehead atoms. The number of rotatable bonds is 4. The number of aryl methyl sites for hydroxylation is 1. The van der Waals surface area contributed by atoms with Gasteiger partial charge in [0.2, 0.25) is 5.91 Å². The first kappa shape index (κ1) is 15.8. The van der Waals surface area contributed by atoms with Crippen LogP contribution in [0.3, 0.4) is 0 Å². The standard InChI is InChI=1S/C18H25ClN2O/c19-16-8-5-15(6-9-16)7-10-18(22)21-13-11-20(12-14-21)17-3-1-2-4-17/h5-6,8-9,17H,1-4,7,10-14H2. The molecule has 2 fully saturated rings. The van der Waals surface area contributed by atoms with E-state index in [2.05, 4.69) is 4.90 Å². The molecule has 0 spiro atoms. The monoisotopic (exact) mass is 320 g/mol. The minimum Gasteiger partial charge on any atom is -0.340 e. The molecule has 0 radical (unpaired) electrons.